The Labute approximate surface area is 218 Å². The highest BCUT2D eigenvalue weighted by molar-refractivity contribution is 6.33. The lowest BCUT2D eigenvalue weighted by molar-refractivity contribution is -0.274. The van der Waals surface area contributed by atoms with Gasteiger partial charge >= 0.3 is 6.36 Å². The summed E-state index contributed by atoms with van der Waals surface area (Å²) in [7, 11) is 0. The first-order chi connectivity index (χ1) is 17.6. The Morgan fingerprint density at radius 2 is 1.76 bits per heavy atom. The Morgan fingerprint density at radius 3 is 2.38 bits per heavy atom. The quantitative estimate of drug-likeness (QED) is 0.415. The first-order valence-corrected chi connectivity index (χ1v) is 12.2. The van der Waals surface area contributed by atoms with Gasteiger partial charge in [0, 0.05) is 44.0 Å². The van der Waals surface area contributed by atoms with Crippen LogP contribution in [0.15, 0.2) is 60.7 Å². The molecule has 1 amide bonds. The van der Waals surface area contributed by atoms with Crippen molar-refractivity contribution in [2.24, 2.45) is 0 Å². The predicted molar refractivity (Wildman–Crippen MR) is 138 cm³/mol. The van der Waals surface area contributed by atoms with E-state index < -0.39 is 6.36 Å². The van der Waals surface area contributed by atoms with E-state index in [2.05, 4.69) is 19.9 Å². The molecule has 4 rings (SSSR count). The maximum Gasteiger partial charge on any atom is 0.573 e. The molecule has 2 N–H and O–H groups in total. The Bertz CT molecular complexity index is 1240. The van der Waals surface area contributed by atoms with E-state index >= 15 is 0 Å². The maximum absolute atomic E-state index is 13.1. The fourth-order valence-corrected chi connectivity index (χ4v) is 4.72. The lowest BCUT2D eigenvalue weighted by atomic mass is 9.96. The van der Waals surface area contributed by atoms with Gasteiger partial charge in [0.05, 0.1) is 17.3 Å². The van der Waals surface area contributed by atoms with E-state index in [1.165, 1.54) is 24.3 Å². The molecule has 0 unspecified atom stereocenters. The van der Waals surface area contributed by atoms with Gasteiger partial charge in [0.1, 0.15) is 5.75 Å². The average molecular weight is 534 g/mol. The molecule has 1 saturated heterocycles. The fraction of sp³-hybridized carbons (Fsp3) is 0.296. The minimum atomic E-state index is -4.76. The van der Waals surface area contributed by atoms with Crippen LogP contribution >= 0.6 is 11.6 Å². The second-order valence-corrected chi connectivity index (χ2v) is 9.13. The van der Waals surface area contributed by atoms with Crippen LogP contribution in [-0.2, 0) is 0 Å². The SMILES string of the molecule is Cc1c(C(=O)Nc2ccc(N3CCN(CCO)CC3)c(Cl)c2)cccc1-c1ccc(OC(F)(F)F)cc1. The Morgan fingerprint density at radius 1 is 1.05 bits per heavy atom. The molecule has 3 aromatic rings. The van der Waals surface area contributed by atoms with Crippen molar-refractivity contribution >= 4 is 28.9 Å². The number of ether oxygens (including phenoxy) is 1. The highest BCUT2D eigenvalue weighted by Crippen LogP contribution is 2.32. The minimum Gasteiger partial charge on any atom is -0.406 e. The molecule has 0 aromatic heterocycles. The molecule has 1 fully saturated rings. The van der Waals surface area contributed by atoms with Gasteiger partial charge in [-0.2, -0.15) is 0 Å². The molecular weight excluding hydrogens is 507 g/mol. The molecule has 0 atom stereocenters. The van der Waals surface area contributed by atoms with Crippen LogP contribution in [0.1, 0.15) is 15.9 Å². The van der Waals surface area contributed by atoms with Crippen molar-refractivity contribution in [3.8, 4) is 16.9 Å². The van der Waals surface area contributed by atoms with E-state index in [1.807, 2.05) is 6.07 Å². The summed E-state index contributed by atoms with van der Waals surface area (Å²) in [6.07, 6.45) is -4.76. The number of rotatable bonds is 7. The van der Waals surface area contributed by atoms with Crippen molar-refractivity contribution in [3.05, 3.63) is 76.8 Å². The highest BCUT2D eigenvalue weighted by atomic mass is 35.5. The van der Waals surface area contributed by atoms with Crippen molar-refractivity contribution in [2.45, 2.75) is 13.3 Å². The minimum absolute atomic E-state index is 0.140. The molecule has 0 radical (unpaired) electrons. The maximum atomic E-state index is 13.1. The topological polar surface area (TPSA) is 65.0 Å². The molecule has 3 aromatic carbocycles. The molecule has 1 aliphatic rings. The van der Waals surface area contributed by atoms with Gasteiger partial charge in [-0.1, -0.05) is 35.9 Å². The number of aliphatic hydroxyl groups excluding tert-OH is 1. The molecule has 6 nitrogen and oxygen atoms in total. The van der Waals surface area contributed by atoms with Crippen molar-refractivity contribution in [1.29, 1.82) is 0 Å². The summed E-state index contributed by atoms with van der Waals surface area (Å²) in [5, 5.41) is 12.5. The first-order valence-electron chi connectivity index (χ1n) is 11.8. The van der Waals surface area contributed by atoms with Crippen LogP contribution in [0.4, 0.5) is 24.5 Å². The van der Waals surface area contributed by atoms with Crippen molar-refractivity contribution < 1.29 is 27.8 Å². The van der Waals surface area contributed by atoms with Gasteiger partial charge in [0.2, 0.25) is 0 Å². The highest BCUT2D eigenvalue weighted by Gasteiger charge is 2.31. The average Bonchev–Trinajstić information content (AvgIpc) is 2.85. The fourth-order valence-electron chi connectivity index (χ4n) is 4.42. The number of hydrogen-bond donors (Lipinski definition) is 2. The number of nitrogens with one attached hydrogen (secondary N) is 1. The summed E-state index contributed by atoms with van der Waals surface area (Å²) < 4.78 is 41.3. The molecular formula is C27H27ClF3N3O3. The normalized spacial score (nSPS) is 14.5. The third-order valence-electron chi connectivity index (χ3n) is 6.31. The zero-order valence-corrected chi connectivity index (χ0v) is 20.9. The monoisotopic (exact) mass is 533 g/mol. The molecule has 0 bridgehead atoms. The second-order valence-electron chi connectivity index (χ2n) is 8.72. The first kappa shape index (κ1) is 26.8. The molecule has 10 heteroatoms. The Kier molecular flexibility index (Phi) is 8.26. The molecule has 1 heterocycles. The number of carbonyl (C=O) groups excluding carboxylic acids is 1. The van der Waals surface area contributed by atoms with Gasteiger partial charge in [-0.15, -0.1) is 13.2 Å². The number of amides is 1. The summed E-state index contributed by atoms with van der Waals surface area (Å²) in [4.78, 5) is 17.5. The molecule has 37 heavy (non-hydrogen) atoms. The number of halogens is 4. The van der Waals surface area contributed by atoms with Crippen LogP contribution in [0.3, 0.4) is 0 Å². The van der Waals surface area contributed by atoms with Gasteiger partial charge in [-0.25, -0.2) is 0 Å². The number of carbonyl (C=O) groups is 1. The number of aliphatic hydroxyl groups is 1. The number of hydrogen-bond acceptors (Lipinski definition) is 5. The van der Waals surface area contributed by atoms with Crippen LogP contribution in [-0.4, -0.2) is 61.6 Å². The zero-order valence-electron chi connectivity index (χ0n) is 20.2. The van der Waals surface area contributed by atoms with Gasteiger partial charge < -0.3 is 20.1 Å². The zero-order chi connectivity index (χ0) is 26.6. The molecule has 0 saturated carbocycles. The Hall–Kier alpha value is -3.27. The third kappa shape index (κ3) is 6.74. The van der Waals surface area contributed by atoms with Crippen LogP contribution in [0.5, 0.6) is 5.75 Å². The number of alkyl halides is 3. The Balaban J connectivity index is 1.46. The van der Waals surface area contributed by atoms with Gasteiger partial charge in [-0.3, -0.25) is 9.69 Å². The lowest BCUT2D eigenvalue weighted by Crippen LogP contribution is -2.47. The van der Waals surface area contributed by atoms with Crippen LogP contribution in [0.25, 0.3) is 11.1 Å². The van der Waals surface area contributed by atoms with Gasteiger partial charge in [0.25, 0.3) is 5.91 Å². The van der Waals surface area contributed by atoms with Crippen LogP contribution in [0, 0.1) is 6.92 Å². The third-order valence-corrected chi connectivity index (χ3v) is 6.61. The standard InChI is InChI=1S/C27H27ClF3N3O3/c1-18-22(19-5-8-21(9-6-19)37-27(29,30)31)3-2-4-23(18)26(36)32-20-7-10-25(24(28)17-20)34-13-11-33(12-14-34)15-16-35/h2-10,17,35H,11-16H2,1H3,(H,32,36). The summed E-state index contributed by atoms with van der Waals surface area (Å²) in [6.45, 7) is 5.84. The van der Waals surface area contributed by atoms with E-state index in [0.717, 1.165) is 37.4 Å². The summed E-state index contributed by atoms with van der Waals surface area (Å²) in [6, 6.07) is 16.1. The van der Waals surface area contributed by atoms with E-state index in [0.29, 0.717) is 33.9 Å². The van der Waals surface area contributed by atoms with E-state index in [9.17, 15) is 18.0 Å². The van der Waals surface area contributed by atoms with E-state index in [4.69, 9.17) is 16.7 Å². The summed E-state index contributed by atoms with van der Waals surface area (Å²) in [5.41, 5.74) is 3.95. The van der Waals surface area contributed by atoms with Crippen LogP contribution < -0.4 is 15.0 Å². The largest absolute Gasteiger partial charge is 0.573 e. The summed E-state index contributed by atoms with van der Waals surface area (Å²) in [5.74, 6) is -0.632. The molecule has 1 aliphatic heterocycles. The molecule has 196 valence electrons. The van der Waals surface area contributed by atoms with Crippen molar-refractivity contribution in [3.63, 3.8) is 0 Å². The number of piperazine rings is 1. The van der Waals surface area contributed by atoms with E-state index in [1.54, 1.807) is 37.3 Å². The van der Waals surface area contributed by atoms with Crippen molar-refractivity contribution in [2.75, 3.05) is 49.5 Å². The lowest BCUT2D eigenvalue weighted by Gasteiger charge is -2.36. The van der Waals surface area contributed by atoms with Gasteiger partial charge in [0.15, 0.2) is 0 Å². The smallest absolute Gasteiger partial charge is 0.406 e. The molecule has 0 aliphatic carbocycles. The van der Waals surface area contributed by atoms with Gasteiger partial charge in [-0.05, 0) is 60.0 Å². The number of anilines is 2. The van der Waals surface area contributed by atoms with Crippen LogP contribution in [0.2, 0.25) is 5.02 Å². The number of benzene rings is 3. The molecule has 0 spiro atoms. The van der Waals surface area contributed by atoms with E-state index in [-0.39, 0.29) is 18.3 Å². The predicted octanol–water partition coefficient (Wildman–Crippen LogP) is 5.58. The number of nitrogens with zero attached hydrogens (tertiary/aromatic N) is 2. The number of β-amino-alcohol motifs (C(OH)–C–C–N with tert-alkyl or cyclic N) is 1. The second kappa shape index (κ2) is 11.4. The van der Waals surface area contributed by atoms with Crippen molar-refractivity contribution in [1.82, 2.24) is 4.90 Å². The summed E-state index contributed by atoms with van der Waals surface area (Å²) >= 11 is 6.55.